The van der Waals surface area contributed by atoms with Gasteiger partial charge in [0, 0.05) is 23.0 Å². The van der Waals surface area contributed by atoms with Gasteiger partial charge in [-0.25, -0.2) is 14.4 Å². The molecule has 0 fully saturated rings. The maximum atomic E-state index is 13.0. The van der Waals surface area contributed by atoms with E-state index in [4.69, 9.17) is 5.73 Å². The van der Waals surface area contributed by atoms with Gasteiger partial charge < -0.3 is 5.73 Å². The second-order valence-electron chi connectivity index (χ2n) is 3.53. The minimum atomic E-state index is -0.419. The smallest absolute Gasteiger partial charge is 0.163 e. The number of nitrogens with zero attached hydrogens (tertiary/aromatic N) is 3. The van der Waals surface area contributed by atoms with E-state index >= 15 is 0 Å². The highest BCUT2D eigenvalue weighted by Gasteiger charge is 2.08. The van der Waals surface area contributed by atoms with Crippen molar-refractivity contribution in [3.63, 3.8) is 0 Å². The van der Waals surface area contributed by atoms with Crippen LogP contribution in [0.1, 0.15) is 11.3 Å². The van der Waals surface area contributed by atoms with Crippen molar-refractivity contribution in [3.05, 3.63) is 35.5 Å². The topological polar surface area (TPSA) is 64.7 Å². The van der Waals surface area contributed by atoms with E-state index in [1.807, 2.05) is 13.8 Å². The van der Waals surface area contributed by atoms with Gasteiger partial charge in [-0.1, -0.05) is 0 Å². The van der Waals surface area contributed by atoms with Crippen LogP contribution in [0.25, 0.3) is 11.4 Å². The lowest BCUT2D eigenvalue weighted by Gasteiger charge is -2.06. The highest BCUT2D eigenvalue weighted by atomic mass is 19.1. The first-order chi connectivity index (χ1) is 7.58. The predicted molar refractivity (Wildman–Crippen MR) is 59.1 cm³/mol. The number of pyridine rings is 1. The Labute approximate surface area is 92.4 Å². The van der Waals surface area contributed by atoms with Gasteiger partial charge in [-0.15, -0.1) is 0 Å². The van der Waals surface area contributed by atoms with E-state index in [1.165, 1.54) is 12.3 Å². The Hall–Kier alpha value is -2.04. The molecule has 0 aliphatic heterocycles. The number of hydrogen-bond acceptors (Lipinski definition) is 4. The number of aromatic nitrogens is 3. The first-order valence-corrected chi connectivity index (χ1v) is 4.79. The van der Waals surface area contributed by atoms with Crippen LogP contribution >= 0.6 is 0 Å². The summed E-state index contributed by atoms with van der Waals surface area (Å²) in [4.78, 5) is 12.1. The molecule has 0 unspecified atom stereocenters. The molecule has 16 heavy (non-hydrogen) atoms. The quantitative estimate of drug-likeness (QED) is 0.793. The number of aryl methyl sites for hydroxylation is 1. The summed E-state index contributed by atoms with van der Waals surface area (Å²) in [6.45, 7) is 3.68. The summed E-state index contributed by atoms with van der Waals surface area (Å²) in [5.74, 6) is 0.386. The molecule has 2 aromatic rings. The molecule has 2 heterocycles. The van der Waals surface area contributed by atoms with Crippen molar-refractivity contribution in [1.82, 2.24) is 15.0 Å². The van der Waals surface area contributed by atoms with Gasteiger partial charge in [0.05, 0.1) is 6.20 Å². The molecule has 0 atom stereocenters. The first-order valence-electron chi connectivity index (χ1n) is 4.79. The monoisotopic (exact) mass is 218 g/mol. The van der Waals surface area contributed by atoms with E-state index in [1.54, 1.807) is 0 Å². The molecule has 2 N–H and O–H groups in total. The molecular formula is C11H11FN4. The molecular weight excluding hydrogens is 207 g/mol. The first kappa shape index (κ1) is 10.5. The lowest BCUT2D eigenvalue weighted by molar-refractivity contribution is 0.622. The number of anilines is 1. The van der Waals surface area contributed by atoms with E-state index in [0.29, 0.717) is 17.2 Å². The number of hydrogen-bond donors (Lipinski definition) is 1. The maximum Gasteiger partial charge on any atom is 0.163 e. The van der Waals surface area contributed by atoms with Crippen LogP contribution in [0.15, 0.2) is 18.5 Å². The van der Waals surface area contributed by atoms with E-state index < -0.39 is 5.82 Å². The van der Waals surface area contributed by atoms with Crippen LogP contribution in [0, 0.1) is 19.7 Å². The van der Waals surface area contributed by atoms with Crippen LogP contribution in [0.2, 0.25) is 0 Å². The van der Waals surface area contributed by atoms with Crippen molar-refractivity contribution in [3.8, 4) is 11.4 Å². The van der Waals surface area contributed by atoms with Crippen molar-refractivity contribution in [1.29, 1.82) is 0 Å². The van der Waals surface area contributed by atoms with Crippen molar-refractivity contribution >= 4 is 5.82 Å². The fourth-order valence-electron chi connectivity index (χ4n) is 1.31. The normalized spacial score (nSPS) is 10.4. The summed E-state index contributed by atoms with van der Waals surface area (Å²) in [6, 6.07) is 1.33. The molecule has 0 bridgehead atoms. The Morgan fingerprint density at radius 2 is 1.94 bits per heavy atom. The SMILES string of the molecule is Cc1nc(-c2cncc(F)c2)nc(N)c1C. The molecule has 0 radical (unpaired) electrons. The highest BCUT2D eigenvalue weighted by Crippen LogP contribution is 2.19. The lowest BCUT2D eigenvalue weighted by Crippen LogP contribution is -2.02. The van der Waals surface area contributed by atoms with Gasteiger partial charge in [0.1, 0.15) is 11.6 Å². The number of rotatable bonds is 1. The standard InChI is InChI=1S/C11H11FN4/c1-6-7(2)15-11(16-10(6)13)8-3-9(12)5-14-4-8/h3-5H,1-2H3,(H2,13,15,16). The summed E-state index contributed by atoms with van der Waals surface area (Å²) in [5.41, 5.74) is 7.88. The van der Waals surface area contributed by atoms with Crippen molar-refractivity contribution < 1.29 is 4.39 Å². The zero-order valence-electron chi connectivity index (χ0n) is 9.03. The molecule has 0 saturated carbocycles. The average molecular weight is 218 g/mol. The molecule has 0 saturated heterocycles. The Bertz CT molecular complexity index is 516. The zero-order chi connectivity index (χ0) is 11.7. The minimum Gasteiger partial charge on any atom is -0.383 e. The van der Waals surface area contributed by atoms with E-state index in [2.05, 4.69) is 15.0 Å². The number of nitrogens with two attached hydrogens (primary N) is 1. The maximum absolute atomic E-state index is 13.0. The van der Waals surface area contributed by atoms with Gasteiger partial charge in [-0.2, -0.15) is 0 Å². The Balaban J connectivity index is 2.57. The van der Waals surface area contributed by atoms with Crippen molar-refractivity contribution in [2.75, 3.05) is 5.73 Å². The third-order valence-electron chi connectivity index (χ3n) is 2.39. The van der Waals surface area contributed by atoms with Gasteiger partial charge >= 0.3 is 0 Å². The van der Waals surface area contributed by atoms with Crippen LogP contribution in [-0.2, 0) is 0 Å². The lowest BCUT2D eigenvalue weighted by atomic mass is 10.2. The van der Waals surface area contributed by atoms with E-state index in [0.717, 1.165) is 17.5 Å². The summed E-state index contributed by atoms with van der Waals surface area (Å²) in [5, 5.41) is 0. The third kappa shape index (κ3) is 1.84. The molecule has 82 valence electrons. The van der Waals surface area contributed by atoms with Gasteiger partial charge in [-0.05, 0) is 19.9 Å². The Morgan fingerprint density at radius 1 is 1.19 bits per heavy atom. The molecule has 0 aliphatic rings. The summed E-state index contributed by atoms with van der Waals surface area (Å²) < 4.78 is 13.0. The number of halogens is 1. The zero-order valence-corrected chi connectivity index (χ0v) is 9.03. The highest BCUT2D eigenvalue weighted by molar-refractivity contribution is 5.57. The van der Waals surface area contributed by atoms with Gasteiger partial charge in [0.15, 0.2) is 5.82 Å². The molecule has 0 aliphatic carbocycles. The van der Waals surface area contributed by atoms with Crippen molar-refractivity contribution in [2.24, 2.45) is 0 Å². The van der Waals surface area contributed by atoms with Crippen LogP contribution < -0.4 is 5.73 Å². The second kappa shape index (κ2) is 3.84. The largest absolute Gasteiger partial charge is 0.383 e. The Morgan fingerprint density at radius 3 is 2.56 bits per heavy atom. The van der Waals surface area contributed by atoms with Crippen LogP contribution in [0.3, 0.4) is 0 Å². The average Bonchev–Trinajstić information content (AvgIpc) is 2.25. The third-order valence-corrected chi connectivity index (χ3v) is 2.39. The Kier molecular flexibility index (Phi) is 2.52. The van der Waals surface area contributed by atoms with Crippen LogP contribution in [0.5, 0.6) is 0 Å². The van der Waals surface area contributed by atoms with Crippen LogP contribution in [-0.4, -0.2) is 15.0 Å². The van der Waals surface area contributed by atoms with E-state index in [-0.39, 0.29) is 0 Å². The predicted octanol–water partition coefficient (Wildman–Crippen LogP) is 1.88. The molecule has 5 heteroatoms. The summed E-state index contributed by atoms with van der Waals surface area (Å²) in [7, 11) is 0. The summed E-state index contributed by atoms with van der Waals surface area (Å²) in [6.07, 6.45) is 2.64. The molecule has 0 amide bonds. The molecule has 0 spiro atoms. The van der Waals surface area contributed by atoms with Crippen LogP contribution in [0.4, 0.5) is 10.2 Å². The second-order valence-corrected chi connectivity index (χ2v) is 3.53. The van der Waals surface area contributed by atoms with Gasteiger partial charge in [0.25, 0.3) is 0 Å². The van der Waals surface area contributed by atoms with Gasteiger partial charge in [0.2, 0.25) is 0 Å². The fourth-order valence-corrected chi connectivity index (χ4v) is 1.31. The summed E-state index contributed by atoms with van der Waals surface area (Å²) >= 11 is 0. The minimum absolute atomic E-state index is 0.396. The molecule has 0 aromatic carbocycles. The molecule has 2 aromatic heterocycles. The van der Waals surface area contributed by atoms with Gasteiger partial charge in [-0.3, -0.25) is 4.98 Å². The van der Waals surface area contributed by atoms with E-state index in [9.17, 15) is 4.39 Å². The fraction of sp³-hybridized carbons (Fsp3) is 0.182. The van der Waals surface area contributed by atoms with Crippen molar-refractivity contribution in [2.45, 2.75) is 13.8 Å². The molecule has 4 nitrogen and oxygen atoms in total. The number of nitrogen functional groups attached to an aromatic ring is 1. The molecule has 2 rings (SSSR count).